The van der Waals surface area contributed by atoms with Crippen LogP contribution in [0, 0.1) is 12.7 Å². The second-order valence-corrected chi connectivity index (χ2v) is 7.43. The minimum Gasteiger partial charge on any atom is -0.489 e. The molecule has 0 fully saturated rings. The number of primary amides is 1. The Morgan fingerprint density at radius 3 is 2.84 bits per heavy atom. The number of nitrogens with two attached hydrogens (primary N) is 2. The molecule has 0 saturated heterocycles. The van der Waals surface area contributed by atoms with E-state index in [9.17, 15) is 14.0 Å². The Labute approximate surface area is 177 Å². The van der Waals surface area contributed by atoms with Crippen LogP contribution in [0.25, 0.3) is 11.0 Å². The normalized spacial score (nSPS) is 15.2. The lowest BCUT2D eigenvalue weighted by Gasteiger charge is -2.27. The Morgan fingerprint density at radius 2 is 2.16 bits per heavy atom. The highest BCUT2D eigenvalue weighted by atomic mass is 19.1. The quantitative estimate of drug-likeness (QED) is 0.522. The summed E-state index contributed by atoms with van der Waals surface area (Å²) in [4.78, 5) is 29.2. The fourth-order valence-electron chi connectivity index (χ4n) is 3.88. The van der Waals surface area contributed by atoms with E-state index in [1.807, 2.05) is 4.57 Å². The maximum absolute atomic E-state index is 14.6. The predicted octanol–water partition coefficient (Wildman–Crippen LogP) is 1.72. The molecule has 0 spiro atoms. The fraction of sp³-hybridized carbons (Fsp3) is 0.400. The first-order valence-corrected chi connectivity index (χ1v) is 10.1. The van der Waals surface area contributed by atoms with Crippen molar-refractivity contribution >= 4 is 28.8 Å². The zero-order valence-corrected chi connectivity index (χ0v) is 17.3. The molecule has 0 bridgehead atoms. The lowest BCUT2D eigenvalue weighted by atomic mass is 10.1. The Balaban J connectivity index is 1.82. The number of hydrogen-bond acceptors (Lipinski definition) is 6. The summed E-state index contributed by atoms with van der Waals surface area (Å²) in [6.45, 7) is 4.42. The van der Waals surface area contributed by atoms with Crippen molar-refractivity contribution < 1.29 is 18.7 Å². The monoisotopic (exact) mass is 429 g/mol. The smallest absolute Gasteiger partial charge is 0.279 e. The molecule has 3 heterocycles. The molecule has 31 heavy (non-hydrogen) atoms. The molecule has 1 aliphatic heterocycles. The average molecular weight is 429 g/mol. The van der Waals surface area contributed by atoms with Crippen LogP contribution < -0.4 is 21.5 Å². The fourth-order valence-corrected chi connectivity index (χ4v) is 3.88. The van der Waals surface area contributed by atoms with E-state index < -0.39 is 17.6 Å². The van der Waals surface area contributed by atoms with Gasteiger partial charge < -0.3 is 20.8 Å². The molecule has 1 aliphatic rings. The molecule has 10 nitrogen and oxygen atoms in total. The Bertz CT molecular complexity index is 1180. The molecule has 4 rings (SSSR count). The summed E-state index contributed by atoms with van der Waals surface area (Å²) in [6.07, 6.45) is 1.44. The summed E-state index contributed by atoms with van der Waals surface area (Å²) in [7, 11) is 0. The summed E-state index contributed by atoms with van der Waals surface area (Å²) in [5.41, 5.74) is 12.4. The lowest BCUT2D eigenvalue weighted by molar-refractivity contribution is 0.0994. The Hall–Kier alpha value is -3.47. The number of carbonyl (C=O) groups is 2. The zero-order chi connectivity index (χ0) is 22.3. The molecule has 1 aromatic carbocycles. The van der Waals surface area contributed by atoms with Crippen LogP contribution in [0.2, 0.25) is 0 Å². The Morgan fingerprint density at radius 1 is 1.39 bits per heavy atom. The van der Waals surface area contributed by atoms with E-state index in [0.717, 1.165) is 6.42 Å². The van der Waals surface area contributed by atoms with Crippen LogP contribution in [0.15, 0.2) is 12.1 Å². The average Bonchev–Trinajstić information content (AvgIpc) is 3.25. The van der Waals surface area contributed by atoms with Crippen molar-refractivity contribution in [3.8, 4) is 5.75 Å². The van der Waals surface area contributed by atoms with Gasteiger partial charge in [-0.15, -0.1) is 0 Å². The number of nitrogens with zero attached hydrogens (tertiary/aromatic N) is 4. The molecule has 0 unspecified atom stereocenters. The molecule has 0 aliphatic carbocycles. The lowest BCUT2D eigenvalue weighted by Crippen LogP contribution is -2.27. The number of halogens is 1. The van der Waals surface area contributed by atoms with E-state index in [1.165, 1.54) is 11.6 Å². The van der Waals surface area contributed by atoms with Crippen LogP contribution in [0.5, 0.6) is 5.75 Å². The van der Waals surface area contributed by atoms with Crippen LogP contribution in [-0.2, 0) is 6.54 Å². The number of ether oxygens (including phenoxy) is 1. The first-order chi connectivity index (χ1) is 14.8. The van der Waals surface area contributed by atoms with Crippen molar-refractivity contribution in [2.45, 2.75) is 39.3 Å². The largest absolute Gasteiger partial charge is 0.489 e. The topological polar surface area (TPSA) is 143 Å². The third-order valence-corrected chi connectivity index (χ3v) is 5.37. The second-order valence-electron chi connectivity index (χ2n) is 7.43. The van der Waals surface area contributed by atoms with Gasteiger partial charge in [0.05, 0.1) is 17.3 Å². The van der Waals surface area contributed by atoms with Gasteiger partial charge in [0, 0.05) is 12.1 Å². The summed E-state index contributed by atoms with van der Waals surface area (Å²) in [5.74, 6) is -1.27. The van der Waals surface area contributed by atoms with Crippen molar-refractivity contribution in [3.63, 3.8) is 0 Å². The number of aromatic nitrogens is 4. The van der Waals surface area contributed by atoms with Gasteiger partial charge in [0.2, 0.25) is 11.9 Å². The molecule has 5 N–H and O–H groups in total. The van der Waals surface area contributed by atoms with Crippen molar-refractivity contribution in [3.05, 3.63) is 34.9 Å². The van der Waals surface area contributed by atoms with Crippen molar-refractivity contribution in [1.29, 1.82) is 0 Å². The van der Waals surface area contributed by atoms with E-state index in [2.05, 4.69) is 15.4 Å². The molecule has 2 aromatic heterocycles. The number of benzene rings is 1. The minimum absolute atomic E-state index is 0.140. The summed E-state index contributed by atoms with van der Waals surface area (Å²) in [5, 5.41) is 6.78. The highest BCUT2D eigenvalue weighted by Crippen LogP contribution is 2.38. The van der Waals surface area contributed by atoms with Gasteiger partial charge in [0.25, 0.3) is 5.91 Å². The molecule has 0 radical (unpaired) electrons. The highest BCUT2D eigenvalue weighted by Gasteiger charge is 2.30. The molecule has 1 atom stereocenters. The van der Waals surface area contributed by atoms with Crippen molar-refractivity contribution in [2.75, 3.05) is 18.5 Å². The van der Waals surface area contributed by atoms with Crippen molar-refractivity contribution in [1.82, 2.24) is 19.3 Å². The SMILES string of the molecule is CCn1nc(C)c(F)c1C(=O)Nc1nc2cc(C(N)=O)cc3c2n1[C@@H](CCCN)CO3. The standard InChI is InChI=1S/C20H24FN7O3/c1-3-27-17(15(21)10(2)26-27)19(30)25-20-24-13-7-11(18(23)29)8-14-16(13)28(20)12(9-31-14)5-4-6-22/h7-8,12H,3-6,9,22H2,1-2H3,(H2,23,29)(H,24,25,30)/t12-/m0/s1. The molecule has 164 valence electrons. The van der Waals surface area contributed by atoms with Gasteiger partial charge in [-0.3, -0.25) is 19.6 Å². The second kappa shape index (κ2) is 7.99. The van der Waals surface area contributed by atoms with Crippen LogP contribution in [0.1, 0.15) is 52.3 Å². The van der Waals surface area contributed by atoms with Gasteiger partial charge in [0.15, 0.2) is 11.5 Å². The molecule has 11 heteroatoms. The van der Waals surface area contributed by atoms with E-state index in [4.69, 9.17) is 16.2 Å². The van der Waals surface area contributed by atoms with Gasteiger partial charge in [-0.2, -0.15) is 5.10 Å². The Kier molecular flexibility index (Phi) is 5.36. The number of imidazole rings is 1. The van der Waals surface area contributed by atoms with E-state index >= 15 is 0 Å². The van der Waals surface area contributed by atoms with Crippen LogP contribution in [0.4, 0.5) is 10.3 Å². The molecular formula is C20H24FN7O3. The number of rotatable bonds is 7. The number of carbonyl (C=O) groups excluding carboxylic acids is 2. The zero-order valence-electron chi connectivity index (χ0n) is 17.3. The molecule has 3 aromatic rings. The third-order valence-electron chi connectivity index (χ3n) is 5.37. The summed E-state index contributed by atoms with van der Waals surface area (Å²) >= 11 is 0. The van der Waals surface area contributed by atoms with Crippen LogP contribution in [-0.4, -0.2) is 44.3 Å². The van der Waals surface area contributed by atoms with E-state index in [0.29, 0.717) is 42.9 Å². The van der Waals surface area contributed by atoms with E-state index in [1.54, 1.807) is 19.1 Å². The predicted molar refractivity (Wildman–Crippen MR) is 112 cm³/mol. The van der Waals surface area contributed by atoms with Gasteiger partial charge in [-0.05, 0) is 45.4 Å². The number of hydrogen-bond donors (Lipinski definition) is 3. The van der Waals surface area contributed by atoms with E-state index in [-0.39, 0.29) is 28.9 Å². The summed E-state index contributed by atoms with van der Waals surface area (Å²) in [6, 6.07) is 2.96. The van der Waals surface area contributed by atoms with Gasteiger partial charge in [-0.25, -0.2) is 9.37 Å². The van der Waals surface area contributed by atoms with Crippen LogP contribution >= 0.6 is 0 Å². The maximum Gasteiger partial charge on any atom is 0.279 e. The molecule has 2 amide bonds. The molecule has 0 saturated carbocycles. The number of amides is 2. The van der Waals surface area contributed by atoms with Gasteiger partial charge >= 0.3 is 0 Å². The van der Waals surface area contributed by atoms with Crippen molar-refractivity contribution in [2.24, 2.45) is 11.5 Å². The number of anilines is 1. The third kappa shape index (κ3) is 3.50. The maximum atomic E-state index is 14.6. The van der Waals surface area contributed by atoms with Gasteiger partial charge in [-0.1, -0.05) is 0 Å². The van der Waals surface area contributed by atoms with Crippen LogP contribution in [0.3, 0.4) is 0 Å². The first kappa shape index (κ1) is 20.8. The first-order valence-electron chi connectivity index (χ1n) is 10.1. The number of nitrogens with one attached hydrogen (secondary N) is 1. The highest BCUT2D eigenvalue weighted by molar-refractivity contribution is 6.04. The summed E-state index contributed by atoms with van der Waals surface area (Å²) < 4.78 is 23.6. The van der Waals surface area contributed by atoms with Gasteiger partial charge in [0.1, 0.15) is 17.9 Å². The molecular weight excluding hydrogens is 405 g/mol. The number of aryl methyl sites for hydroxylation is 2. The minimum atomic E-state index is -0.672.